The zero-order valence-electron chi connectivity index (χ0n) is 17.2. The van der Waals surface area contributed by atoms with E-state index < -0.39 is 5.91 Å². The van der Waals surface area contributed by atoms with Gasteiger partial charge < -0.3 is 19.6 Å². The monoisotopic (exact) mass is 452 g/mol. The average molecular weight is 453 g/mol. The first-order chi connectivity index (χ1) is 15.5. The molecule has 1 aliphatic heterocycles. The number of hydrogen-bond donors (Lipinski definition) is 1. The summed E-state index contributed by atoms with van der Waals surface area (Å²) in [5, 5.41) is 6.93. The number of nitrogens with one attached hydrogen (secondary N) is 1. The van der Waals surface area contributed by atoms with Gasteiger partial charge in [0.2, 0.25) is 5.91 Å². The van der Waals surface area contributed by atoms with Gasteiger partial charge in [-0.2, -0.15) is 0 Å². The number of hydrogen-bond acceptors (Lipinski definition) is 5. The van der Waals surface area contributed by atoms with Crippen LogP contribution >= 0.6 is 11.6 Å². The number of carbonyl (C=O) groups excluding carboxylic acids is 3. The Morgan fingerprint density at radius 2 is 1.59 bits per heavy atom. The Morgan fingerprint density at radius 1 is 0.938 bits per heavy atom. The Hall–Kier alpha value is -3.65. The highest BCUT2D eigenvalue weighted by Gasteiger charge is 2.25. The van der Waals surface area contributed by atoms with Gasteiger partial charge in [0.15, 0.2) is 11.5 Å². The molecule has 2 aromatic carbocycles. The second-order valence-corrected chi connectivity index (χ2v) is 7.74. The molecule has 164 valence electrons. The maximum atomic E-state index is 12.6. The molecule has 8 nitrogen and oxygen atoms in total. The van der Waals surface area contributed by atoms with Crippen LogP contribution in [0.5, 0.6) is 0 Å². The van der Waals surface area contributed by atoms with E-state index in [9.17, 15) is 14.4 Å². The van der Waals surface area contributed by atoms with Crippen molar-refractivity contribution in [2.24, 2.45) is 0 Å². The van der Waals surface area contributed by atoms with E-state index in [1.165, 1.54) is 6.07 Å². The van der Waals surface area contributed by atoms with Crippen molar-refractivity contribution in [3.63, 3.8) is 0 Å². The molecule has 0 aliphatic carbocycles. The molecule has 0 bridgehead atoms. The second-order valence-electron chi connectivity index (χ2n) is 7.30. The third-order valence-corrected chi connectivity index (χ3v) is 5.46. The predicted molar refractivity (Wildman–Crippen MR) is 118 cm³/mol. The summed E-state index contributed by atoms with van der Waals surface area (Å²) in [7, 11) is 0. The molecule has 1 aromatic heterocycles. The van der Waals surface area contributed by atoms with Crippen molar-refractivity contribution in [3.8, 4) is 11.3 Å². The molecule has 3 amide bonds. The van der Waals surface area contributed by atoms with Gasteiger partial charge in [-0.05, 0) is 24.3 Å². The van der Waals surface area contributed by atoms with Crippen molar-refractivity contribution in [2.45, 2.75) is 0 Å². The Labute approximate surface area is 189 Å². The molecule has 0 saturated carbocycles. The van der Waals surface area contributed by atoms with Crippen LogP contribution in [-0.4, -0.2) is 65.4 Å². The van der Waals surface area contributed by atoms with Crippen molar-refractivity contribution in [2.75, 3.05) is 32.7 Å². The van der Waals surface area contributed by atoms with Crippen LogP contribution in [0.2, 0.25) is 5.02 Å². The highest BCUT2D eigenvalue weighted by Crippen LogP contribution is 2.19. The molecular formula is C23H21ClN4O4. The fourth-order valence-electron chi connectivity index (χ4n) is 3.41. The van der Waals surface area contributed by atoms with E-state index in [1.807, 2.05) is 30.3 Å². The van der Waals surface area contributed by atoms with Crippen molar-refractivity contribution in [3.05, 3.63) is 76.9 Å². The molecule has 1 saturated heterocycles. The van der Waals surface area contributed by atoms with Gasteiger partial charge in [-0.15, -0.1) is 0 Å². The van der Waals surface area contributed by atoms with E-state index in [-0.39, 0.29) is 24.1 Å². The molecule has 1 aliphatic rings. The number of amides is 3. The minimum absolute atomic E-state index is 0.0951. The number of halogens is 1. The van der Waals surface area contributed by atoms with E-state index in [1.54, 1.807) is 34.1 Å². The zero-order valence-corrected chi connectivity index (χ0v) is 17.9. The highest BCUT2D eigenvalue weighted by molar-refractivity contribution is 6.30. The molecule has 9 heteroatoms. The molecule has 0 unspecified atom stereocenters. The third-order valence-electron chi connectivity index (χ3n) is 5.21. The SMILES string of the molecule is O=C(NCC(=O)N1CCN(C(=O)c2ccc(Cl)cc2)CC1)c1cc(-c2ccccc2)on1. The standard InChI is InChI=1S/C23H21ClN4O4/c24-18-8-6-17(7-9-18)23(31)28-12-10-27(11-13-28)21(29)15-25-22(30)19-14-20(32-26-19)16-4-2-1-3-5-16/h1-9,14H,10-13,15H2,(H,25,30). The highest BCUT2D eigenvalue weighted by atomic mass is 35.5. The van der Waals surface area contributed by atoms with Gasteiger partial charge >= 0.3 is 0 Å². The van der Waals surface area contributed by atoms with Gasteiger partial charge in [-0.25, -0.2) is 0 Å². The molecule has 4 rings (SSSR count). The maximum absolute atomic E-state index is 12.6. The summed E-state index contributed by atoms with van der Waals surface area (Å²) in [5.74, 6) is -0.324. The van der Waals surface area contributed by atoms with Gasteiger partial charge in [0.25, 0.3) is 11.8 Å². The third kappa shape index (κ3) is 4.97. The molecule has 0 spiro atoms. The van der Waals surface area contributed by atoms with Crippen LogP contribution < -0.4 is 5.32 Å². The lowest BCUT2D eigenvalue weighted by atomic mass is 10.1. The summed E-state index contributed by atoms with van der Waals surface area (Å²) in [5.41, 5.74) is 1.47. The first kappa shape index (κ1) is 21.6. The molecular weight excluding hydrogens is 432 g/mol. The topological polar surface area (TPSA) is 95.8 Å². The largest absolute Gasteiger partial charge is 0.355 e. The fraction of sp³-hybridized carbons (Fsp3) is 0.217. The van der Waals surface area contributed by atoms with E-state index in [0.717, 1.165) is 5.56 Å². The van der Waals surface area contributed by atoms with Crippen molar-refractivity contribution < 1.29 is 18.9 Å². The number of rotatable bonds is 5. The van der Waals surface area contributed by atoms with Gasteiger partial charge in [0.1, 0.15) is 0 Å². The number of nitrogens with zero attached hydrogens (tertiary/aromatic N) is 3. The summed E-state index contributed by atoms with van der Waals surface area (Å²) in [6, 6.07) is 17.6. The first-order valence-electron chi connectivity index (χ1n) is 10.1. The minimum Gasteiger partial charge on any atom is -0.355 e. The smallest absolute Gasteiger partial charge is 0.273 e. The van der Waals surface area contributed by atoms with Crippen molar-refractivity contribution in [1.29, 1.82) is 0 Å². The lowest BCUT2D eigenvalue weighted by Gasteiger charge is -2.34. The first-order valence-corrected chi connectivity index (χ1v) is 10.5. The van der Waals surface area contributed by atoms with E-state index in [4.69, 9.17) is 16.1 Å². The maximum Gasteiger partial charge on any atom is 0.273 e. The van der Waals surface area contributed by atoms with Crippen LogP contribution in [0.1, 0.15) is 20.8 Å². The Bertz CT molecular complexity index is 1110. The summed E-state index contributed by atoms with van der Waals surface area (Å²) in [6.07, 6.45) is 0. The molecule has 0 radical (unpaired) electrons. The zero-order chi connectivity index (χ0) is 22.5. The van der Waals surface area contributed by atoms with E-state index in [2.05, 4.69) is 10.5 Å². The van der Waals surface area contributed by atoms with Crippen LogP contribution in [0.15, 0.2) is 65.2 Å². The molecule has 0 atom stereocenters. The molecule has 1 N–H and O–H groups in total. The Morgan fingerprint density at radius 3 is 2.28 bits per heavy atom. The summed E-state index contributed by atoms with van der Waals surface area (Å²) >= 11 is 5.87. The van der Waals surface area contributed by atoms with Crippen molar-refractivity contribution in [1.82, 2.24) is 20.3 Å². The normalized spacial score (nSPS) is 13.7. The van der Waals surface area contributed by atoms with E-state index >= 15 is 0 Å². The lowest BCUT2D eigenvalue weighted by Crippen LogP contribution is -2.52. The Balaban J connectivity index is 1.25. The van der Waals surface area contributed by atoms with Gasteiger partial charge in [-0.1, -0.05) is 47.1 Å². The fourth-order valence-corrected chi connectivity index (χ4v) is 3.54. The number of benzene rings is 2. The second kappa shape index (κ2) is 9.65. The lowest BCUT2D eigenvalue weighted by molar-refractivity contribution is -0.131. The van der Waals surface area contributed by atoms with Crippen LogP contribution in [0.25, 0.3) is 11.3 Å². The number of carbonyl (C=O) groups is 3. The average Bonchev–Trinajstić information content (AvgIpc) is 3.34. The summed E-state index contributed by atoms with van der Waals surface area (Å²) < 4.78 is 5.22. The van der Waals surface area contributed by atoms with Gasteiger partial charge in [-0.3, -0.25) is 14.4 Å². The van der Waals surface area contributed by atoms with Crippen LogP contribution in [0, 0.1) is 0 Å². The molecule has 32 heavy (non-hydrogen) atoms. The predicted octanol–water partition coefficient (Wildman–Crippen LogP) is 2.71. The minimum atomic E-state index is -0.485. The van der Waals surface area contributed by atoms with Crippen molar-refractivity contribution >= 4 is 29.3 Å². The number of aromatic nitrogens is 1. The van der Waals surface area contributed by atoms with E-state index in [0.29, 0.717) is 42.5 Å². The quantitative estimate of drug-likeness (QED) is 0.642. The van der Waals surface area contributed by atoms with Gasteiger partial charge in [0.05, 0.1) is 6.54 Å². The molecule has 3 aromatic rings. The van der Waals surface area contributed by atoms with Crippen LogP contribution in [-0.2, 0) is 4.79 Å². The number of piperazine rings is 1. The van der Waals surface area contributed by atoms with Gasteiger partial charge in [0, 0.05) is 48.4 Å². The van der Waals surface area contributed by atoms with Crippen LogP contribution in [0.3, 0.4) is 0 Å². The summed E-state index contributed by atoms with van der Waals surface area (Å²) in [6.45, 7) is 1.49. The molecule has 1 fully saturated rings. The van der Waals surface area contributed by atoms with Crippen LogP contribution in [0.4, 0.5) is 0 Å². The molecule has 2 heterocycles. The Kier molecular flexibility index (Phi) is 6.51. The summed E-state index contributed by atoms with van der Waals surface area (Å²) in [4.78, 5) is 40.7.